The first-order valence-corrected chi connectivity index (χ1v) is 9.83. The molecule has 9 heteroatoms. The zero-order chi connectivity index (χ0) is 19.7. The summed E-state index contributed by atoms with van der Waals surface area (Å²) in [6.07, 6.45) is 3.43. The molecule has 1 aliphatic heterocycles. The van der Waals surface area contributed by atoms with Gasteiger partial charge in [-0.25, -0.2) is 4.99 Å². The first kappa shape index (κ1) is 23.3. The second-order valence-electron chi connectivity index (χ2n) is 8.46. The Morgan fingerprint density at radius 3 is 2.64 bits per heavy atom. The van der Waals surface area contributed by atoms with Gasteiger partial charge in [-0.2, -0.15) is 0 Å². The van der Waals surface area contributed by atoms with Gasteiger partial charge in [-0.15, -0.1) is 34.2 Å². The van der Waals surface area contributed by atoms with E-state index in [2.05, 4.69) is 41.6 Å². The molecule has 0 aromatic carbocycles. The number of guanidine groups is 1. The van der Waals surface area contributed by atoms with E-state index in [1.54, 1.807) is 7.11 Å². The zero-order valence-corrected chi connectivity index (χ0v) is 20.2. The molecule has 8 nitrogen and oxygen atoms in total. The Morgan fingerprint density at radius 2 is 2.11 bits per heavy atom. The molecule has 1 aromatic rings. The van der Waals surface area contributed by atoms with E-state index >= 15 is 0 Å². The standard InChI is InChI=1S/C19H34N6O2.HI/c1-13-23-24-16(25(13)5)12-21-17(20-11-14-8-7-9-27-14)22-15-10-19(4,26-6)18(15,2)3;/h14-15H,7-12H2,1-6H3,(H2,20,21,22);1H. The molecule has 0 spiro atoms. The molecule has 2 fully saturated rings. The number of hydrogen-bond acceptors (Lipinski definition) is 5. The minimum absolute atomic E-state index is 0. The van der Waals surface area contributed by atoms with Crippen molar-refractivity contribution in [1.29, 1.82) is 0 Å². The molecule has 1 aromatic heterocycles. The normalized spacial score (nSPS) is 29.1. The number of nitrogens with zero attached hydrogens (tertiary/aromatic N) is 4. The van der Waals surface area contributed by atoms with E-state index < -0.39 is 0 Å². The van der Waals surface area contributed by atoms with Crippen molar-refractivity contribution in [2.75, 3.05) is 20.3 Å². The van der Waals surface area contributed by atoms with Gasteiger partial charge in [0.05, 0.1) is 11.7 Å². The van der Waals surface area contributed by atoms with Crippen LogP contribution < -0.4 is 10.6 Å². The quantitative estimate of drug-likeness (QED) is 0.350. The van der Waals surface area contributed by atoms with Gasteiger partial charge in [-0.3, -0.25) is 0 Å². The summed E-state index contributed by atoms with van der Waals surface area (Å²) in [6, 6.07) is 0.291. The van der Waals surface area contributed by atoms with E-state index in [0.717, 1.165) is 50.0 Å². The van der Waals surface area contributed by atoms with Gasteiger partial charge in [-0.1, -0.05) is 13.8 Å². The van der Waals surface area contributed by atoms with Crippen molar-refractivity contribution in [3.63, 3.8) is 0 Å². The third kappa shape index (κ3) is 4.62. The highest BCUT2D eigenvalue weighted by Gasteiger charge is 2.58. The SMILES string of the molecule is COC1(C)CC(NC(=NCc2nnc(C)n2C)NCC2CCCO2)C1(C)C.I. The molecular weight excluding hydrogens is 471 g/mol. The largest absolute Gasteiger partial charge is 0.378 e. The van der Waals surface area contributed by atoms with Crippen molar-refractivity contribution in [3.05, 3.63) is 11.6 Å². The highest BCUT2D eigenvalue weighted by Crippen LogP contribution is 2.51. The number of aromatic nitrogens is 3. The van der Waals surface area contributed by atoms with E-state index in [1.165, 1.54) is 0 Å². The second-order valence-corrected chi connectivity index (χ2v) is 8.46. The summed E-state index contributed by atoms with van der Waals surface area (Å²) < 4.78 is 13.5. The van der Waals surface area contributed by atoms with Crippen LogP contribution in [0.3, 0.4) is 0 Å². The molecule has 28 heavy (non-hydrogen) atoms. The van der Waals surface area contributed by atoms with Crippen molar-refractivity contribution >= 4 is 29.9 Å². The molecule has 3 unspecified atom stereocenters. The van der Waals surface area contributed by atoms with Gasteiger partial charge < -0.3 is 24.7 Å². The van der Waals surface area contributed by atoms with Crippen LogP contribution in [0, 0.1) is 12.3 Å². The number of methoxy groups -OCH3 is 1. The van der Waals surface area contributed by atoms with Crippen LogP contribution in [-0.4, -0.2) is 58.7 Å². The average molecular weight is 506 g/mol. The van der Waals surface area contributed by atoms with Crippen molar-refractivity contribution in [1.82, 2.24) is 25.4 Å². The lowest BCUT2D eigenvalue weighted by Crippen LogP contribution is -2.69. The third-order valence-corrected chi connectivity index (χ3v) is 6.67. The van der Waals surface area contributed by atoms with Gasteiger partial charge in [0, 0.05) is 38.8 Å². The number of rotatable bonds is 6. The van der Waals surface area contributed by atoms with E-state index in [4.69, 9.17) is 14.5 Å². The van der Waals surface area contributed by atoms with E-state index in [9.17, 15) is 0 Å². The Labute approximate surface area is 185 Å². The number of ether oxygens (including phenoxy) is 2. The molecule has 160 valence electrons. The Kier molecular flexibility index (Phi) is 7.71. The zero-order valence-electron chi connectivity index (χ0n) is 17.9. The molecule has 0 amide bonds. The molecule has 3 atom stereocenters. The summed E-state index contributed by atoms with van der Waals surface area (Å²) in [5, 5.41) is 15.4. The fourth-order valence-electron chi connectivity index (χ4n) is 3.79. The Bertz CT molecular complexity index is 686. The van der Waals surface area contributed by atoms with Crippen LogP contribution in [0.2, 0.25) is 0 Å². The summed E-state index contributed by atoms with van der Waals surface area (Å²) in [7, 11) is 3.76. The summed E-state index contributed by atoms with van der Waals surface area (Å²) in [5.41, 5.74) is -0.111. The van der Waals surface area contributed by atoms with Gasteiger partial charge in [0.25, 0.3) is 0 Å². The smallest absolute Gasteiger partial charge is 0.192 e. The highest BCUT2D eigenvalue weighted by atomic mass is 127. The van der Waals surface area contributed by atoms with Crippen LogP contribution >= 0.6 is 24.0 Å². The fraction of sp³-hybridized carbons (Fsp3) is 0.842. The molecule has 0 radical (unpaired) electrons. The van der Waals surface area contributed by atoms with Crippen LogP contribution in [-0.2, 0) is 23.1 Å². The Balaban J connectivity index is 0.00000280. The minimum Gasteiger partial charge on any atom is -0.378 e. The predicted molar refractivity (Wildman–Crippen MR) is 120 cm³/mol. The fourth-order valence-corrected chi connectivity index (χ4v) is 3.79. The Morgan fingerprint density at radius 1 is 1.36 bits per heavy atom. The third-order valence-electron chi connectivity index (χ3n) is 6.67. The maximum absolute atomic E-state index is 5.75. The molecule has 3 rings (SSSR count). The number of aryl methyl sites for hydroxylation is 1. The maximum Gasteiger partial charge on any atom is 0.192 e. The van der Waals surface area contributed by atoms with E-state index in [0.29, 0.717) is 12.6 Å². The average Bonchev–Trinajstić information content (AvgIpc) is 3.27. The molecule has 1 saturated carbocycles. The van der Waals surface area contributed by atoms with E-state index in [-0.39, 0.29) is 41.1 Å². The molecule has 2 heterocycles. The summed E-state index contributed by atoms with van der Waals surface area (Å²) >= 11 is 0. The van der Waals surface area contributed by atoms with Crippen molar-refractivity contribution in [2.24, 2.45) is 17.5 Å². The second kappa shape index (κ2) is 9.25. The molecule has 2 aliphatic rings. The minimum atomic E-state index is -0.120. The number of nitrogens with one attached hydrogen (secondary N) is 2. The first-order chi connectivity index (χ1) is 12.8. The topological polar surface area (TPSA) is 85.6 Å². The van der Waals surface area contributed by atoms with Crippen LogP contribution in [0.15, 0.2) is 4.99 Å². The number of aliphatic imine (C=N–C) groups is 1. The van der Waals surface area contributed by atoms with E-state index in [1.807, 2.05) is 18.5 Å². The van der Waals surface area contributed by atoms with Crippen LogP contribution in [0.4, 0.5) is 0 Å². The van der Waals surface area contributed by atoms with Crippen LogP contribution in [0.25, 0.3) is 0 Å². The van der Waals surface area contributed by atoms with Gasteiger partial charge in [0.1, 0.15) is 12.4 Å². The van der Waals surface area contributed by atoms with Crippen molar-refractivity contribution in [2.45, 2.75) is 71.2 Å². The predicted octanol–water partition coefficient (Wildman–Crippen LogP) is 2.16. The monoisotopic (exact) mass is 506 g/mol. The van der Waals surface area contributed by atoms with Gasteiger partial charge in [0.15, 0.2) is 11.8 Å². The van der Waals surface area contributed by atoms with Crippen LogP contribution in [0.1, 0.15) is 51.7 Å². The number of hydrogen-bond donors (Lipinski definition) is 2. The first-order valence-electron chi connectivity index (χ1n) is 9.83. The lowest BCUT2D eigenvalue weighted by atomic mass is 9.56. The molecule has 1 saturated heterocycles. The van der Waals surface area contributed by atoms with Gasteiger partial charge in [-0.05, 0) is 33.1 Å². The van der Waals surface area contributed by atoms with Crippen molar-refractivity contribution in [3.8, 4) is 0 Å². The number of halogens is 1. The highest BCUT2D eigenvalue weighted by molar-refractivity contribution is 14.0. The molecular formula is C19H35IN6O2. The van der Waals surface area contributed by atoms with Crippen molar-refractivity contribution < 1.29 is 9.47 Å². The summed E-state index contributed by atoms with van der Waals surface area (Å²) in [4.78, 5) is 4.76. The lowest BCUT2D eigenvalue weighted by molar-refractivity contribution is -0.176. The van der Waals surface area contributed by atoms with Gasteiger partial charge >= 0.3 is 0 Å². The Hall–Kier alpha value is -0.940. The molecule has 0 bridgehead atoms. The summed E-state index contributed by atoms with van der Waals surface area (Å²) in [6.45, 7) is 10.7. The maximum atomic E-state index is 5.75. The molecule has 2 N–H and O–H groups in total. The van der Waals surface area contributed by atoms with Gasteiger partial charge in [0.2, 0.25) is 0 Å². The lowest BCUT2D eigenvalue weighted by Gasteiger charge is -2.59. The molecule has 1 aliphatic carbocycles. The summed E-state index contributed by atoms with van der Waals surface area (Å²) in [5.74, 6) is 2.53. The van der Waals surface area contributed by atoms with Crippen LogP contribution in [0.5, 0.6) is 0 Å².